The minimum absolute atomic E-state index is 0.476. The van der Waals surface area contributed by atoms with Crippen molar-refractivity contribution in [3.63, 3.8) is 0 Å². The van der Waals surface area contributed by atoms with Gasteiger partial charge in [-0.1, -0.05) is 13.0 Å². The van der Waals surface area contributed by atoms with E-state index in [4.69, 9.17) is 0 Å². The van der Waals surface area contributed by atoms with Gasteiger partial charge in [0, 0.05) is 25.0 Å². The summed E-state index contributed by atoms with van der Waals surface area (Å²) in [5.41, 5.74) is 0.832. The van der Waals surface area contributed by atoms with Crippen molar-refractivity contribution in [3.05, 3.63) is 28.5 Å². The van der Waals surface area contributed by atoms with Crippen molar-refractivity contribution < 1.29 is 8.42 Å². The van der Waals surface area contributed by atoms with Crippen LogP contribution in [0.1, 0.15) is 30.2 Å². The minimum atomic E-state index is -3.40. The highest BCUT2D eigenvalue weighted by Crippen LogP contribution is 2.29. The molecule has 1 rings (SSSR count). The van der Waals surface area contributed by atoms with Crippen LogP contribution in [0.25, 0.3) is 0 Å². The normalized spacial score (nSPS) is 12.0. The van der Waals surface area contributed by atoms with E-state index in [2.05, 4.69) is 11.9 Å². The number of aryl methyl sites for hydroxylation is 1. The van der Waals surface area contributed by atoms with E-state index < -0.39 is 10.0 Å². The third-order valence-electron chi connectivity index (χ3n) is 3.07. The minimum Gasteiger partial charge on any atom is -0.312 e. The molecule has 1 N–H and O–H groups in total. The molecular weight excluding hydrogens is 292 g/mol. The predicted octanol–water partition coefficient (Wildman–Crippen LogP) is 2.75. The zero-order chi connectivity index (χ0) is 15.2. The molecule has 4 nitrogen and oxygen atoms in total. The smallest absolute Gasteiger partial charge is 0.244 e. The Morgan fingerprint density at radius 2 is 2.20 bits per heavy atom. The van der Waals surface area contributed by atoms with E-state index in [1.165, 1.54) is 15.6 Å². The highest BCUT2D eigenvalue weighted by atomic mass is 32.2. The molecule has 20 heavy (non-hydrogen) atoms. The topological polar surface area (TPSA) is 49.4 Å². The van der Waals surface area contributed by atoms with Crippen LogP contribution in [0.2, 0.25) is 0 Å². The van der Waals surface area contributed by atoms with Gasteiger partial charge in [0.2, 0.25) is 10.0 Å². The maximum atomic E-state index is 12.7. The Labute approximate surface area is 126 Å². The predicted molar refractivity (Wildman–Crippen MR) is 85.7 cm³/mol. The molecule has 0 aromatic carbocycles. The second-order valence-corrected chi connectivity index (χ2v) is 7.65. The Bertz CT molecular complexity index is 535. The van der Waals surface area contributed by atoms with Crippen LogP contribution in [0.3, 0.4) is 0 Å². The molecular formula is C14H24N2O2S2. The van der Waals surface area contributed by atoms with E-state index in [1.54, 1.807) is 7.05 Å². The molecule has 1 aromatic heterocycles. The molecule has 0 fully saturated rings. The summed E-state index contributed by atoms with van der Waals surface area (Å²) in [5, 5.41) is 5.11. The average molecular weight is 316 g/mol. The molecule has 0 amide bonds. The Morgan fingerprint density at radius 1 is 1.50 bits per heavy atom. The fraction of sp³-hybridized carbons (Fsp3) is 0.571. The SMILES string of the molecule is C=CCCCN(C)S(=O)(=O)c1c(C)csc1CNCC. The van der Waals surface area contributed by atoms with Crippen LogP contribution in [0.15, 0.2) is 22.9 Å². The van der Waals surface area contributed by atoms with Crippen molar-refractivity contribution in [1.82, 2.24) is 9.62 Å². The van der Waals surface area contributed by atoms with E-state index in [-0.39, 0.29) is 0 Å². The van der Waals surface area contributed by atoms with Crippen molar-refractivity contribution in [1.29, 1.82) is 0 Å². The first-order valence-electron chi connectivity index (χ1n) is 6.80. The molecule has 1 aromatic rings. The lowest BCUT2D eigenvalue weighted by atomic mass is 10.3. The lowest BCUT2D eigenvalue weighted by Gasteiger charge is -2.18. The largest absolute Gasteiger partial charge is 0.312 e. The summed E-state index contributed by atoms with van der Waals surface area (Å²) in [4.78, 5) is 1.37. The highest BCUT2D eigenvalue weighted by Gasteiger charge is 2.26. The number of hydrogen-bond donors (Lipinski definition) is 1. The molecule has 0 saturated carbocycles. The van der Waals surface area contributed by atoms with Crippen molar-refractivity contribution in [2.75, 3.05) is 20.1 Å². The lowest BCUT2D eigenvalue weighted by Crippen LogP contribution is -2.29. The third-order valence-corrected chi connectivity index (χ3v) is 6.40. The van der Waals surface area contributed by atoms with E-state index in [9.17, 15) is 8.42 Å². The molecule has 6 heteroatoms. The molecule has 0 spiro atoms. The average Bonchev–Trinajstić information content (AvgIpc) is 2.78. The van der Waals surface area contributed by atoms with Gasteiger partial charge in [-0.2, -0.15) is 0 Å². The Hall–Kier alpha value is -0.690. The van der Waals surface area contributed by atoms with Gasteiger partial charge in [-0.25, -0.2) is 12.7 Å². The molecule has 0 radical (unpaired) electrons. The number of nitrogens with one attached hydrogen (secondary N) is 1. The van der Waals surface area contributed by atoms with Crippen LogP contribution in [0.5, 0.6) is 0 Å². The third kappa shape index (κ3) is 4.15. The summed E-state index contributed by atoms with van der Waals surface area (Å²) >= 11 is 1.50. The van der Waals surface area contributed by atoms with Gasteiger partial charge in [-0.05, 0) is 37.3 Å². The molecule has 0 aliphatic rings. The van der Waals surface area contributed by atoms with Crippen molar-refractivity contribution >= 4 is 21.4 Å². The maximum absolute atomic E-state index is 12.7. The van der Waals surface area contributed by atoms with Crippen molar-refractivity contribution in [2.45, 2.75) is 38.1 Å². The summed E-state index contributed by atoms with van der Waals surface area (Å²) in [7, 11) is -1.75. The van der Waals surface area contributed by atoms with Gasteiger partial charge in [0.05, 0.1) is 0 Å². The summed E-state index contributed by atoms with van der Waals surface area (Å²) in [5.74, 6) is 0. The van der Waals surface area contributed by atoms with Gasteiger partial charge in [0.1, 0.15) is 4.90 Å². The molecule has 114 valence electrons. The van der Waals surface area contributed by atoms with Gasteiger partial charge < -0.3 is 5.32 Å². The van der Waals surface area contributed by atoms with Crippen LogP contribution in [-0.2, 0) is 16.6 Å². The van der Waals surface area contributed by atoms with Crippen LogP contribution >= 0.6 is 11.3 Å². The zero-order valence-corrected chi connectivity index (χ0v) is 14.1. The van der Waals surface area contributed by atoms with Crippen LogP contribution in [-0.4, -0.2) is 32.9 Å². The van der Waals surface area contributed by atoms with Crippen molar-refractivity contribution in [2.24, 2.45) is 0 Å². The quantitative estimate of drug-likeness (QED) is 0.563. The van der Waals surface area contributed by atoms with Crippen LogP contribution in [0, 0.1) is 6.92 Å². The van der Waals surface area contributed by atoms with E-state index >= 15 is 0 Å². The molecule has 0 unspecified atom stereocenters. The Kier molecular flexibility index (Phi) is 6.88. The van der Waals surface area contributed by atoms with Gasteiger partial charge >= 0.3 is 0 Å². The number of rotatable bonds is 9. The number of unbranched alkanes of at least 4 members (excludes halogenated alkanes) is 1. The van der Waals surface area contributed by atoms with E-state index in [0.29, 0.717) is 18.0 Å². The second-order valence-electron chi connectivity index (χ2n) is 4.71. The number of hydrogen-bond acceptors (Lipinski definition) is 4. The Morgan fingerprint density at radius 3 is 2.80 bits per heavy atom. The number of thiophene rings is 1. The molecule has 0 aliphatic carbocycles. The zero-order valence-electron chi connectivity index (χ0n) is 12.5. The van der Waals surface area contributed by atoms with Gasteiger partial charge in [0.25, 0.3) is 0 Å². The van der Waals surface area contributed by atoms with Crippen LogP contribution in [0.4, 0.5) is 0 Å². The lowest BCUT2D eigenvalue weighted by molar-refractivity contribution is 0.461. The van der Waals surface area contributed by atoms with Crippen LogP contribution < -0.4 is 5.32 Å². The fourth-order valence-electron chi connectivity index (χ4n) is 1.93. The first kappa shape index (κ1) is 17.4. The molecule has 0 saturated heterocycles. The molecule has 0 aliphatic heterocycles. The monoisotopic (exact) mass is 316 g/mol. The van der Waals surface area contributed by atoms with Gasteiger partial charge in [-0.3, -0.25) is 0 Å². The molecule has 1 heterocycles. The summed E-state index contributed by atoms with van der Waals surface area (Å²) < 4.78 is 26.8. The highest BCUT2D eigenvalue weighted by molar-refractivity contribution is 7.89. The summed E-state index contributed by atoms with van der Waals surface area (Å²) in [6.45, 7) is 9.47. The molecule has 0 bridgehead atoms. The number of sulfonamides is 1. The second kappa shape index (κ2) is 7.93. The summed E-state index contributed by atoms with van der Waals surface area (Å²) in [6, 6.07) is 0. The molecule has 0 atom stereocenters. The first-order valence-corrected chi connectivity index (χ1v) is 9.12. The van der Waals surface area contributed by atoms with Gasteiger partial charge in [-0.15, -0.1) is 17.9 Å². The number of allylic oxidation sites excluding steroid dienone is 1. The fourth-order valence-corrected chi connectivity index (χ4v) is 4.86. The summed E-state index contributed by atoms with van der Waals surface area (Å²) in [6.07, 6.45) is 3.44. The van der Waals surface area contributed by atoms with E-state index in [1.807, 2.05) is 25.3 Å². The Balaban J connectivity index is 2.96. The van der Waals surface area contributed by atoms with Crippen molar-refractivity contribution in [3.8, 4) is 0 Å². The maximum Gasteiger partial charge on any atom is 0.244 e. The number of nitrogens with zero attached hydrogens (tertiary/aromatic N) is 1. The van der Waals surface area contributed by atoms with Gasteiger partial charge in [0.15, 0.2) is 0 Å². The first-order chi connectivity index (χ1) is 9.45. The van der Waals surface area contributed by atoms with E-state index in [0.717, 1.165) is 29.8 Å². The standard InChI is InChI=1S/C14H24N2O2S2/c1-5-7-8-9-16(4)20(17,18)14-12(3)11-19-13(14)10-15-6-2/h5,11,15H,1,6-10H2,2-4H3.